The minimum Gasteiger partial charge on any atom is -0.319 e. The molecule has 0 bridgehead atoms. The summed E-state index contributed by atoms with van der Waals surface area (Å²) < 4.78 is 27.5. The van der Waals surface area contributed by atoms with E-state index >= 15 is 0 Å². The molecule has 1 aliphatic heterocycles. The van der Waals surface area contributed by atoms with Crippen molar-refractivity contribution in [3.05, 3.63) is 41.4 Å². The molecule has 2 aromatic rings. The molecule has 0 aliphatic carbocycles. The maximum absolute atomic E-state index is 13.0. The third-order valence-corrected chi connectivity index (χ3v) is 6.44. The van der Waals surface area contributed by atoms with Crippen LogP contribution in [0.2, 0.25) is 5.02 Å². The summed E-state index contributed by atoms with van der Waals surface area (Å²) in [4.78, 5) is 0.345. The van der Waals surface area contributed by atoms with Crippen LogP contribution in [0, 0.1) is 5.92 Å². The first-order valence-corrected chi connectivity index (χ1v) is 9.18. The number of hydrogen-bond donors (Lipinski definition) is 1. The number of nitrogens with zero attached hydrogens (tertiary/aromatic N) is 1. The standard InChI is InChI=1S/C16H19ClN2O2S.ClH/c1-18-10-12-8-9-19(11-12)22(20,21)16-7-6-15(17)13-4-2-3-5-14(13)16;/h2-7,12,18H,8-11H2,1H3;1H. The first-order chi connectivity index (χ1) is 10.5. The monoisotopic (exact) mass is 374 g/mol. The largest absolute Gasteiger partial charge is 0.319 e. The molecule has 1 aliphatic rings. The van der Waals surface area contributed by atoms with E-state index in [-0.39, 0.29) is 12.4 Å². The van der Waals surface area contributed by atoms with Crippen LogP contribution < -0.4 is 5.32 Å². The van der Waals surface area contributed by atoms with Crippen molar-refractivity contribution in [1.29, 1.82) is 0 Å². The number of hydrogen-bond acceptors (Lipinski definition) is 3. The summed E-state index contributed by atoms with van der Waals surface area (Å²) in [6.45, 7) is 1.99. The predicted molar refractivity (Wildman–Crippen MR) is 97.0 cm³/mol. The van der Waals surface area contributed by atoms with E-state index in [0.717, 1.165) is 18.4 Å². The van der Waals surface area contributed by atoms with E-state index in [1.54, 1.807) is 16.4 Å². The Balaban J connectivity index is 0.00000192. The van der Waals surface area contributed by atoms with Gasteiger partial charge in [-0.2, -0.15) is 4.31 Å². The highest BCUT2D eigenvalue weighted by Crippen LogP contribution is 2.32. The number of benzene rings is 2. The molecule has 23 heavy (non-hydrogen) atoms. The molecule has 1 atom stereocenters. The van der Waals surface area contributed by atoms with Crippen molar-refractivity contribution < 1.29 is 8.42 Å². The van der Waals surface area contributed by atoms with Crippen LogP contribution in [0.3, 0.4) is 0 Å². The van der Waals surface area contributed by atoms with Crippen LogP contribution in [-0.4, -0.2) is 39.4 Å². The highest BCUT2D eigenvalue weighted by atomic mass is 35.5. The van der Waals surface area contributed by atoms with Crippen LogP contribution in [0.1, 0.15) is 6.42 Å². The summed E-state index contributed by atoms with van der Waals surface area (Å²) in [5, 5.41) is 5.15. The number of nitrogens with one attached hydrogen (secondary N) is 1. The van der Waals surface area contributed by atoms with Gasteiger partial charge in [0.15, 0.2) is 0 Å². The third-order valence-electron chi connectivity index (χ3n) is 4.19. The lowest BCUT2D eigenvalue weighted by molar-refractivity contribution is 0.452. The molecule has 1 saturated heterocycles. The van der Waals surface area contributed by atoms with E-state index in [4.69, 9.17) is 11.6 Å². The maximum atomic E-state index is 13.0. The fraction of sp³-hybridized carbons (Fsp3) is 0.375. The van der Waals surface area contributed by atoms with Gasteiger partial charge in [-0.25, -0.2) is 8.42 Å². The normalized spacial score (nSPS) is 19.0. The molecular formula is C16H20Cl2N2O2S. The predicted octanol–water partition coefficient (Wildman–Crippen LogP) is 3.15. The Morgan fingerprint density at radius 2 is 1.91 bits per heavy atom. The smallest absolute Gasteiger partial charge is 0.243 e. The molecule has 0 amide bonds. The van der Waals surface area contributed by atoms with Crippen LogP contribution in [0.5, 0.6) is 0 Å². The molecule has 1 N–H and O–H groups in total. The van der Waals surface area contributed by atoms with Gasteiger partial charge in [-0.1, -0.05) is 35.9 Å². The molecule has 0 saturated carbocycles. The van der Waals surface area contributed by atoms with E-state index in [2.05, 4.69) is 5.32 Å². The lowest BCUT2D eigenvalue weighted by Crippen LogP contribution is -2.30. The van der Waals surface area contributed by atoms with E-state index in [1.165, 1.54) is 0 Å². The fourth-order valence-electron chi connectivity index (χ4n) is 3.07. The Labute approximate surface area is 148 Å². The van der Waals surface area contributed by atoms with Crippen LogP contribution in [0.4, 0.5) is 0 Å². The molecule has 3 rings (SSSR count). The Kier molecular flexibility index (Phi) is 5.92. The van der Waals surface area contributed by atoms with E-state index in [1.807, 2.05) is 31.3 Å². The second-order valence-electron chi connectivity index (χ2n) is 5.67. The van der Waals surface area contributed by atoms with Gasteiger partial charge in [-0.3, -0.25) is 0 Å². The molecule has 2 aromatic carbocycles. The van der Waals surface area contributed by atoms with E-state index in [0.29, 0.717) is 34.3 Å². The van der Waals surface area contributed by atoms with Crippen molar-refractivity contribution in [3.8, 4) is 0 Å². The fourth-order valence-corrected chi connectivity index (χ4v) is 5.02. The summed E-state index contributed by atoms with van der Waals surface area (Å²) in [5.74, 6) is 0.373. The maximum Gasteiger partial charge on any atom is 0.243 e. The van der Waals surface area contributed by atoms with Gasteiger partial charge >= 0.3 is 0 Å². The van der Waals surface area contributed by atoms with Gasteiger partial charge < -0.3 is 5.32 Å². The summed E-state index contributed by atoms with van der Waals surface area (Å²) in [6, 6.07) is 10.7. The third kappa shape index (κ3) is 3.49. The Bertz CT molecular complexity index is 796. The summed E-state index contributed by atoms with van der Waals surface area (Å²) in [7, 11) is -1.59. The van der Waals surface area contributed by atoms with Crippen LogP contribution in [0.15, 0.2) is 41.3 Å². The minimum absolute atomic E-state index is 0. The van der Waals surface area contributed by atoms with E-state index < -0.39 is 10.0 Å². The van der Waals surface area contributed by atoms with Crippen molar-refractivity contribution in [2.45, 2.75) is 11.3 Å². The lowest BCUT2D eigenvalue weighted by Gasteiger charge is -2.18. The van der Waals surface area contributed by atoms with Gasteiger partial charge in [0.1, 0.15) is 0 Å². The molecule has 1 unspecified atom stereocenters. The molecule has 0 aromatic heterocycles. The molecule has 0 spiro atoms. The summed E-state index contributed by atoms with van der Waals surface area (Å²) in [6.07, 6.45) is 0.894. The zero-order valence-corrected chi connectivity index (χ0v) is 15.2. The Morgan fingerprint density at radius 1 is 1.22 bits per heavy atom. The van der Waals surface area contributed by atoms with Crippen molar-refractivity contribution in [3.63, 3.8) is 0 Å². The van der Waals surface area contributed by atoms with Gasteiger partial charge in [-0.15, -0.1) is 12.4 Å². The van der Waals surface area contributed by atoms with Crippen molar-refractivity contribution in [2.24, 2.45) is 5.92 Å². The molecule has 1 heterocycles. The average molecular weight is 375 g/mol. The van der Waals surface area contributed by atoms with Crippen molar-refractivity contribution >= 4 is 44.8 Å². The molecule has 1 fully saturated rings. The Hall–Kier alpha value is -0.850. The second kappa shape index (κ2) is 7.36. The van der Waals surface area contributed by atoms with Crippen LogP contribution in [-0.2, 0) is 10.0 Å². The number of sulfonamides is 1. The van der Waals surface area contributed by atoms with E-state index in [9.17, 15) is 8.42 Å². The number of halogens is 2. The van der Waals surface area contributed by atoms with Crippen LogP contribution >= 0.6 is 24.0 Å². The van der Waals surface area contributed by atoms with Crippen LogP contribution in [0.25, 0.3) is 10.8 Å². The first kappa shape index (κ1) is 18.5. The van der Waals surface area contributed by atoms with Gasteiger partial charge in [-0.05, 0) is 38.1 Å². The zero-order chi connectivity index (χ0) is 15.7. The van der Waals surface area contributed by atoms with Gasteiger partial charge in [0.25, 0.3) is 0 Å². The topological polar surface area (TPSA) is 49.4 Å². The number of rotatable bonds is 4. The summed E-state index contributed by atoms with van der Waals surface area (Å²) >= 11 is 6.19. The molecule has 4 nitrogen and oxygen atoms in total. The van der Waals surface area contributed by atoms with Crippen molar-refractivity contribution in [1.82, 2.24) is 9.62 Å². The minimum atomic E-state index is -3.49. The average Bonchev–Trinajstić information content (AvgIpc) is 2.97. The Morgan fingerprint density at radius 3 is 2.61 bits per heavy atom. The quantitative estimate of drug-likeness (QED) is 0.893. The highest BCUT2D eigenvalue weighted by molar-refractivity contribution is 7.89. The second-order valence-corrected chi connectivity index (χ2v) is 7.98. The van der Waals surface area contributed by atoms with Crippen molar-refractivity contribution in [2.75, 3.05) is 26.7 Å². The molecule has 7 heteroatoms. The molecule has 0 radical (unpaired) electrons. The zero-order valence-electron chi connectivity index (χ0n) is 12.8. The lowest BCUT2D eigenvalue weighted by atomic mass is 10.1. The highest BCUT2D eigenvalue weighted by Gasteiger charge is 2.33. The van der Waals surface area contributed by atoms with Gasteiger partial charge in [0, 0.05) is 28.9 Å². The first-order valence-electron chi connectivity index (χ1n) is 7.36. The molecular weight excluding hydrogens is 355 g/mol. The number of fused-ring (bicyclic) bond motifs is 1. The molecule has 126 valence electrons. The summed E-state index contributed by atoms with van der Waals surface area (Å²) in [5.41, 5.74) is 0. The van der Waals surface area contributed by atoms with Gasteiger partial charge in [0.2, 0.25) is 10.0 Å². The SMILES string of the molecule is CNCC1CCN(S(=O)(=O)c2ccc(Cl)c3ccccc23)C1.Cl. The van der Waals surface area contributed by atoms with Gasteiger partial charge in [0.05, 0.1) is 4.90 Å².